The van der Waals surface area contributed by atoms with Crippen LogP contribution in [0, 0.1) is 0 Å². The Labute approximate surface area is 93.3 Å². The van der Waals surface area contributed by atoms with E-state index in [2.05, 4.69) is 9.99 Å². The number of carboxylic acid groups (broad SMARTS) is 1. The van der Waals surface area contributed by atoms with Gasteiger partial charge in [0.2, 0.25) is 6.61 Å². The number of carboxylic acids is 1. The van der Waals surface area contributed by atoms with Gasteiger partial charge in [-0.05, 0) is 36.8 Å². The van der Waals surface area contributed by atoms with E-state index < -0.39 is 12.6 Å². The van der Waals surface area contributed by atoms with Gasteiger partial charge in [-0.3, -0.25) is 0 Å². The maximum Gasteiger partial charge on any atom is 0.344 e. The third-order valence-corrected chi connectivity index (χ3v) is 1.90. The van der Waals surface area contributed by atoms with Gasteiger partial charge in [-0.15, -0.1) is 0 Å². The number of oxime groups is 1. The average molecular weight is 223 g/mol. The molecule has 0 aliphatic carbocycles. The molecule has 0 aliphatic heterocycles. The summed E-state index contributed by atoms with van der Waals surface area (Å²) in [6.07, 6.45) is 0. The Balaban J connectivity index is 2.64. The smallest absolute Gasteiger partial charge is 0.344 e. The Hall–Kier alpha value is -2.04. The first kappa shape index (κ1) is 12.0. The zero-order valence-corrected chi connectivity index (χ0v) is 9.14. The van der Waals surface area contributed by atoms with E-state index in [-0.39, 0.29) is 0 Å². The molecule has 0 heterocycles. The van der Waals surface area contributed by atoms with Crippen LogP contribution in [0.2, 0.25) is 0 Å². The number of rotatable bonds is 5. The molecule has 0 unspecified atom stereocenters. The molecule has 1 N–H and O–H groups in total. The van der Waals surface area contributed by atoms with Crippen LogP contribution in [-0.4, -0.2) is 30.5 Å². The van der Waals surface area contributed by atoms with E-state index in [9.17, 15) is 4.79 Å². The van der Waals surface area contributed by atoms with Crippen molar-refractivity contribution in [2.45, 2.75) is 6.92 Å². The number of hydrogen-bond acceptors (Lipinski definition) is 4. The Morgan fingerprint density at radius 2 is 2.00 bits per heavy atom. The summed E-state index contributed by atoms with van der Waals surface area (Å²) in [5, 5.41) is 12.0. The van der Waals surface area contributed by atoms with Crippen LogP contribution in [0.15, 0.2) is 29.4 Å². The van der Waals surface area contributed by atoms with Crippen LogP contribution < -0.4 is 4.74 Å². The van der Waals surface area contributed by atoms with Crippen LogP contribution in [0.4, 0.5) is 0 Å². The summed E-state index contributed by atoms with van der Waals surface area (Å²) in [5.74, 6) is -0.297. The summed E-state index contributed by atoms with van der Waals surface area (Å²) >= 11 is 0. The fourth-order valence-corrected chi connectivity index (χ4v) is 1.07. The van der Waals surface area contributed by atoms with Crippen LogP contribution in [0.25, 0.3) is 0 Å². The summed E-state index contributed by atoms with van der Waals surface area (Å²) in [4.78, 5) is 14.8. The lowest BCUT2D eigenvalue weighted by molar-refractivity contribution is -0.142. The number of aliphatic carboxylic acids is 1. The van der Waals surface area contributed by atoms with Crippen LogP contribution in [0.1, 0.15) is 12.5 Å². The molecule has 0 bridgehead atoms. The van der Waals surface area contributed by atoms with E-state index in [1.165, 1.54) is 0 Å². The molecule has 1 aromatic rings. The van der Waals surface area contributed by atoms with Gasteiger partial charge in [0, 0.05) is 0 Å². The molecule has 5 heteroatoms. The molecule has 0 aromatic heterocycles. The molecule has 0 amide bonds. The van der Waals surface area contributed by atoms with E-state index >= 15 is 0 Å². The minimum absolute atomic E-state index is 0.437. The van der Waals surface area contributed by atoms with Crippen molar-refractivity contribution >= 4 is 11.7 Å². The molecular formula is C11H13NO4. The first-order valence-corrected chi connectivity index (χ1v) is 4.66. The van der Waals surface area contributed by atoms with E-state index in [1.807, 2.05) is 12.1 Å². The van der Waals surface area contributed by atoms with Crippen molar-refractivity contribution in [3.05, 3.63) is 29.8 Å². The van der Waals surface area contributed by atoms with Crippen molar-refractivity contribution in [2.24, 2.45) is 5.16 Å². The van der Waals surface area contributed by atoms with Crippen LogP contribution >= 0.6 is 0 Å². The van der Waals surface area contributed by atoms with Crippen LogP contribution in [0.5, 0.6) is 5.75 Å². The number of benzene rings is 1. The predicted octanol–water partition coefficient (Wildman–Crippen LogP) is 1.52. The summed E-state index contributed by atoms with van der Waals surface area (Å²) in [5.41, 5.74) is 1.47. The third kappa shape index (κ3) is 3.61. The van der Waals surface area contributed by atoms with Crippen molar-refractivity contribution in [3.63, 3.8) is 0 Å². The Kier molecular flexibility index (Phi) is 4.32. The molecule has 5 nitrogen and oxygen atoms in total. The summed E-state index contributed by atoms with van der Waals surface area (Å²) in [6.45, 7) is 1.30. The molecule has 1 rings (SSSR count). The van der Waals surface area contributed by atoms with Crippen molar-refractivity contribution in [1.82, 2.24) is 0 Å². The van der Waals surface area contributed by atoms with E-state index in [0.717, 1.165) is 11.3 Å². The van der Waals surface area contributed by atoms with Gasteiger partial charge in [-0.1, -0.05) is 5.16 Å². The highest BCUT2D eigenvalue weighted by Gasteiger charge is 2.00. The minimum atomic E-state index is -1.05. The highest BCUT2D eigenvalue weighted by molar-refractivity contribution is 5.98. The van der Waals surface area contributed by atoms with Crippen molar-refractivity contribution < 1.29 is 19.5 Å². The number of carbonyl (C=O) groups is 1. The SMILES string of the molecule is COc1ccc(/C(C)=N/OCC(=O)O)cc1. The highest BCUT2D eigenvalue weighted by Crippen LogP contribution is 2.11. The van der Waals surface area contributed by atoms with E-state index in [4.69, 9.17) is 9.84 Å². The van der Waals surface area contributed by atoms with E-state index in [1.54, 1.807) is 26.2 Å². The van der Waals surface area contributed by atoms with Gasteiger partial charge in [-0.25, -0.2) is 4.79 Å². The number of ether oxygens (including phenoxy) is 1. The van der Waals surface area contributed by atoms with Crippen molar-refractivity contribution in [2.75, 3.05) is 13.7 Å². The average Bonchev–Trinajstić information content (AvgIpc) is 2.28. The Bertz CT molecular complexity index is 383. The molecule has 0 atom stereocenters. The normalized spacial score (nSPS) is 11.0. The quantitative estimate of drug-likeness (QED) is 0.607. The van der Waals surface area contributed by atoms with Gasteiger partial charge in [0.25, 0.3) is 0 Å². The maximum absolute atomic E-state index is 10.2. The fraction of sp³-hybridized carbons (Fsp3) is 0.273. The predicted molar refractivity (Wildman–Crippen MR) is 58.8 cm³/mol. The van der Waals surface area contributed by atoms with Crippen LogP contribution in [0.3, 0.4) is 0 Å². The first-order chi connectivity index (χ1) is 7.63. The number of hydrogen-bond donors (Lipinski definition) is 1. The Morgan fingerprint density at radius 1 is 1.38 bits per heavy atom. The molecule has 0 spiro atoms. The molecular weight excluding hydrogens is 210 g/mol. The van der Waals surface area contributed by atoms with Crippen molar-refractivity contribution in [1.29, 1.82) is 0 Å². The fourth-order valence-electron chi connectivity index (χ4n) is 1.07. The lowest BCUT2D eigenvalue weighted by Gasteiger charge is -2.02. The highest BCUT2D eigenvalue weighted by atomic mass is 16.6. The molecule has 16 heavy (non-hydrogen) atoms. The Morgan fingerprint density at radius 3 is 2.50 bits per heavy atom. The third-order valence-electron chi connectivity index (χ3n) is 1.90. The minimum Gasteiger partial charge on any atom is -0.497 e. The van der Waals surface area contributed by atoms with Gasteiger partial charge >= 0.3 is 5.97 Å². The second kappa shape index (κ2) is 5.75. The van der Waals surface area contributed by atoms with Gasteiger partial charge in [0.1, 0.15) is 5.75 Å². The molecule has 86 valence electrons. The monoisotopic (exact) mass is 223 g/mol. The standard InChI is InChI=1S/C11H13NO4/c1-8(12-16-7-11(13)14)9-3-5-10(15-2)6-4-9/h3-6H,7H2,1-2H3,(H,13,14)/b12-8+. The molecule has 0 saturated heterocycles. The zero-order chi connectivity index (χ0) is 12.0. The zero-order valence-electron chi connectivity index (χ0n) is 9.14. The van der Waals surface area contributed by atoms with Gasteiger partial charge in [0.05, 0.1) is 12.8 Å². The van der Waals surface area contributed by atoms with Crippen molar-refractivity contribution in [3.8, 4) is 5.75 Å². The van der Waals surface area contributed by atoms with E-state index in [0.29, 0.717) is 5.71 Å². The number of nitrogens with zero attached hydrogens (tertiary/aromatic N) is 1. The maximum atomic E-state index is 10.2. The number of methoxy groups -OCH3 is 1. The topological polar surface area (TPSA) is 68.1 Å². The van der Waals surface area contributed by atoms with Gasteiger partial charge in [0.15, 0.2) is 0 Å². The molecule has 0 fully saturated rings. The largest absolute Gasteiger partial charge is 0.497 e. The van der Waals surface area contributed by atoms with Crippen LogP contribution in [-0.2, 0) is 9.63 Å². The second-order valence-corrected chi connectivity index (χ2v) is 3.07. The molecule has 1 aromatic carbocycles. The second-order valence-electron chi connectivity index (χ2n) is 3.07. The lowest BCUT2D eigenvalue weighted by atomic mass is 10.1. The first-order valence-electron chi connectivity index (χ1n) is 4.66. The van der Waals surface area contributed by atoms with Gasteiger partial charge < -0.3 is 14.7 Å². The molecule has 0 saturated carbocycles. The molecule has 0 radical (unpaired) electrons. The van der Waals surface area contributed by atoms with Gasteiger partial charge in [-0.2, -0.15) is 0 Å². The summed E-state index contributed by atoms with van der Waals surface area (Å²) in [6, 6.07) is 7.24. The summed E-state index contributed by atoms with van der Waals surface area (Å²) < 4.78 is 5.01. The summed E-state index contributed by atoms with van der Waals surface area (Å²) in [7, 11) is 1.59. The lowest BCUT2D eigenvalue weighted by Crippen LogP contribution is -2.05. The molecule has 0 aliphatic rings.